The number of thioether (sulfide) groups is 1. The molecule has 0 saturated heterocycles. The largest absolute Gasteiger partial charge is 0.316 e. The fourth-order valence-electron chi connectivity index (χ4n) is 1.44. The zero-order valence-corrected chi connectivity index (χ0v) is 11.4. The van der Waals surface area contributed by atoms with Crippen LogP contribution in [-0.4, -0.2) is 27.7 Å². The first-order valence-corrected chi connectivity index (χ1v) is 7.03. The van der Waals surface area contributed by atoms with Crippen molar-refractivity contribution < 1.29 is 0 Å². The lowest BCUT2D eigenvalue weighted by Gasteiger charge is -2.20. The van der Waals surface area contributed by atoms with Crippen LogP contribution >= 0.6 is 23.3 Å². The first-order chi connectivity index (χ1) is 7.21. The van der Waals surface area contributed by atoms with Crippen molar-refractivity contribution in [2.75, 3.05) is 7.05 Å². The van der Waals surface area contributed by atoms with E-state index in [0.29, 0.717) is 11.3 Å². The Kier molecular flexibility index (Phi) is 5.56. The maximum absolute atomic E-state index is 4.46. The highest BCUT2D eigenvalue weighted by molar-refractivity contribution is 8.01. The zero-order valence-electron chi connectivity index (χ0n) is 9.78. The van der Waals surface area contributed by atoms with Crippen molar-refractivity contribution in [3.8, 4) is 0 Å². The Morgan fingerprint density at radius 1 is 1.47 bits per heavy atom. The van der Waals surface area contributed by atoms with Gasteiger partial charge in [-0.15, -0.1) is 0 Å². The van der Waals surface area contributed by atoms with Gasteiger partial charge in [0, 0.05) is 17.7 Å². The maximum atomic E-state index is 4.46. The Morgan fingerprint density at radius 3 is 2.67 bits per heavy atom. The molecule has 86 valence electrons. The molecule has 0 bridgehead atoms. The Bertz CT molecular complexity index is 284. The van der Waals surface area contributed by atoms with Crippen LogP contribution in [0.1, 0.15) is 33.0 Å². The topological polar surface area (TPSA) is 37.8 Å². The molecule has 0 radical (unpaired) electrons. The van der Waals surface area contributed by atoms with Crippen molar-refractivity contribution in [3.05, 3.63) is 5.82 Å². The third-order valence-corrected chi connectivity index (χ3v) is 4.48. The fourth-order valence-corrected chi connectivity index (χ4v) is 3.65. The van der Waals surface area contributed by atoms with E-state index in [1.165, 1.54) is 11.5 Å². The molecule has 0 spiro atoms. The normalized spacial score (nSPS) is 15.2. The summed E-state index contributed by atoms with van der Waals surface area (Å²) in [6.07, 6.45) is 2.07. The van der Waals surface area contributed by atoms with E-state index in [0.717, 1.165) is 23.0 Å². The SMILES string of the molecule is CCc1nsc(SC(C)C(CC)NC)n1. The fraction of sp³-hybridized carbons (Fsp3) is 0.800. The van der Waals surface area contributed by atoms with Gasteiger partial charge in [-0.3, -0.25) is 0 Å². The van der Waals surface area contributed by atoms with Gasteiger partial charge in [-0.1, -0.05) is 32.5 Å². The maximum Gasteiger partial charge on any atom is 0.170 e. The summed E-state index contributed by atoms with van der Waals surface area (Å²) in [6.45, 7) is 6.53. The summed E-state index contributed by atoms with van der Waals surface area (Å²) in [5.41, 5.74) is 0. The van der Waals surface area contributed by atoms with Crippen molar-refractivity contribution in [1.82, 2.24) is 14.7 Å². The Balaban J connectivity index is 2.53. The lowest BCUT2D eigenvalue weighted by molar-refractivity contribution is 0.541. The van der Waals surface area contributed by atoms with E-state index < -0.39 is 0 Å². The molecular formula is C10H19N3S2. The molecule has 0 saturated carbocycles. The highest BCUT2D eigenvalue weighted by Gasteiger charge is 2.16. The number of aryl methyl sites for hydroxylation is 1. The van der Waals surface area contributed by atoms with Gasteiger partial charge < -0.3 is 5.32 Å². The molecule has 0 aliphatic carbocycles. The van der Waals surface area contributed by atoms with Crippen LogP contribution in [0.5, 0.6) is 0 Å². The smallest absolute Gasteiger partial charge is 0.170 e. The van der Waals surface area contributed by atoms with Crippen LogP contribution in [-0.2, 0) is 6.42 Å². The van der Waals surface area contributed by atoms with Gasteiger partial charge in [0.05, 0.1) is 0 Å². The van der Waals surface area contributed by atoms with Crippen molar-refractivity contribution >= 4 is 23.3 Å². The van der Waals surface area contributed by atoms with Crippen molar-refractivity contribution in [1.29, 1.82) is 0 Å². The van der Waals surface area contributed by atoms with Gasteiger partial charge in [0.15, 0.2) is 4.34 Å². The average Bonchev–Trinajstić information content (AvgIpc) is 2.67. The van der Waals surface area contributed by atoms with E-state index in [1.807, 2.05) is 18.8 Å². The van der Waals surface area contributed by atoms with E-state index in [9.17, 15) is 0 Å². The van der Waals surface area contributed by atoms with Crippen LogP contribution in [0, 0.1) is 0 Å². The lowest BCUT2D eigenvalue weighted by Crippen LogP contribution is -2.33. The van der Waals surface area contributed by atoms with Gasteiger partial charge in [0.25, 0.3) is 0 Å². The monoisotopic (exact) mass is 245 g/mol. The molecule has 1 N–H and O–H groups in total. The molecule has 2 atom stereocenters. The van der Waals surface area contributed by atoms with Crippen LogP contribution in [0.3, 0.4) is 0 Å². The highest BCUT2D eigenvalue weighted by Crippen LogP contribution is 2.27. The van der Waals surface area contributed by atoms with Gasteiger partial charge in [-0.05, 0) is 25.0 Å². The second-order valence-corrected chi connectivity index (χ2v) is 5.83. The van der Waals surface area contributed by atoms with Gasteiger partial charge in [-0.2, -0.15) is 4.37 Å². The van der Waals surface area contributed by atoms with Crippen LogP contribution < -0.4 is 5.32 Å². The van der Waals surface area contributed by atoms with E-state index in [2.05, 4.69) is 35.4 Å². The minimum Gasteiger partial charge on any atom is -0.316 e. The molecule has 5 heteroatoms. The molecule has 1 rings (SSSR count). The van der Waals surface area contributed by atoms with E-state index in [1.54, 1.807) is 0 Å². The summed E-state index contributed by atoms with van der Waals surface area (Å²) in [4.78, 5) is 4.46. The third kappa shape index (κ3) is 3.74. The van der Waals surface area contributed by atoms with Crippen LogP contribution in [0.4, 0.5) is 0 Å². The molecule has 0 aliphatic rings. The Hall–Kier alpha value is -0.130. The molecule has 0 amide bonds. The van der Waals surface area contributed by atoms with Crippen LogP contribution in [0.2, 0.25) is 0 Å². The van der Waals surface area contributed by atoms with Crippen LogP contribution in [0.15, 0.2) is 4.34 Å². The van der Waals surface area contributed by atoms with E-state index in [4.69, 9.17) is 0 Å². The van der Waals surface area contributed by atoms with Crippen LogP contribution in [0.25, 0.3) is 0 Å². The number of hydrogen-bond acceptors (Lipinski definition) is 5. The second kappa shape index (κ2) is 6.45. The number of nitrogens with one attached hydrogen (secondary N) is 1. The Labute approximate surface area is 100 Å². The summed E-state index contributed by atoms with van der Waals surface area (Å²) in [7, 11) is 2.02. The number of nitrogens with zero attached hydrogens (tertiary/aromatic N) is 2. The third-order valence-electron chi connectivity index (χ3n) is 2.43. The van der Waals surface area contributed by atoms with Crippen molar-refractivity contribution in [2.45, 2.75) is 49.2 Å². The van der Waals surface area contributed by atoms with Gasteiger partial charge in [0.2, 0.25) is 0 Å². The zero-order chi connectivity index (χ0) is 11.3. The molecule has 3 nitrogen and oxygen atoms in total. The quantitative estimate of drug-likeness (QED) is 0.782. The number of rotatable bonds is 6. The van der Waals surface area contributed by atoms with Gasteiger partial charge in [0.1, 0.15) is 5.82 Å². The molecular weight excluding hydrogens is 226 g/mol. The summed E-state index contributed by atoms with van der Waals surface area (Å²) >= 11 is 3.33. The first kappa shape index (κ1) is 12.9. The lowest BCUT2D eigenvalue weighted by atomic mass is 10.2. The predicted octanol–water partition coefficient (Wildman–Crippen LogP) is 2.58. The highest BCUT2D eigenvalue weighted by atomic mass is 32.2. The average molecular weight is 245 g/mol. The van der Waals surface area contributed by atoms with E-state index in [-0.39, 0.29) is 0 Å². The molecule has 1 aromatic rings. The minimum absolute atomic E-state index is 0.539. The molecule has 2 unspecified atom stereocenters. The summed E-state index contributed by atoms with van der Waals surface area (Å²) in [6, 6.07) is 0.545. The molecule has 0 fully saturated rings. The van der Waals surface area contributed by atoms with Gasteiger partial charge in [-0.25, -0.2) is 4.98 Å². The van der Waals surface area contributed by atoms with Crippen molar-refractivity contribution in [3.63, 3.8) is 0 Å². The first-order valence-electron chi connectivity index (χ1n) is 5.37. The standard InChI is InChI=1S/C10H19N3S2/c1-5-8(11-4)7(3)14-10-12-9(6-2)13-15-10/h7-8,11H,5-6H2,1-4H3. The van der Waals surface area contributed by atoms with E-state index >= 15 is 0 Å². The molecule has 1 aromatic heterocycles. The Morgan fingerprint density at radius 2 is 2.20 bits per heavy atom. The molecule has 15 heavy (non-hydrogen) atoms. The second-order valence-electron chi connectivity index (χ2n) is 3.46. The summed E-state index contributed by atoms with van der Waals surface area (Å²) in [5.74, 6) is 0.965. The number of hydrogen-bond donors (Lipinski definition) is 1. The predicted molar refractivity (Wildman–Crippen MR) is 67.7 cm³/mol. The van der Waals surface area contributed by atoms with Crippen molar-refractivity contribution in [2.24, 2.45) is 0 Å². The summed E-state index contributed by atoms with van der Waals surface area (Å²) in [5, 5.41) is 3.87. The minimum atomic E-state index is 0.539. The molecule has 1 heterocycles. The molecule has 0 aliphatic heterocycles. The molecule has 0 aromatic carbocycles. The summed E-state index contributed by atoms with van der Waals surface area (Å²) < 4.78 is 5.38. The number of aromatic nitrogens is 2. The van der Waals surface area contributed by atoms with Gasteiger partial charge >= 0.3 is 0 Å².